The lowest BCUT2D eigenvalue weighted by atomic mass is 9.86. The molecule has 1 N–H and O–H groups in total. The molecular weight excluding hydrogens is 294 g/mol. The average molecular weight is 316 g/mol. The lowest BCUT2D eigenvalue weighted by molar-refractivity contribution is -0.148. The Morgan fingerprint density at radius 2 is 1.95 bits per heavy atom. The van der Waals surface area contributed by atoms with Crippen LogP contribution in [0.5, 0.6) is 0 Å². The molecule has 0 aliphatic rings. The van der Waals surface area contributed by atoms with Gasteiger partial charge in [0.15, 0.2) is 0 Å². The highest BCUT2D eigenvalue weighted by Gasteiger charge is 2.33. The van der Waals surface area contributed by atoms with E-state index < -0.39 is 17.4 Å². The molecule has 0 radical (unpaired) electrons. The maximum atomic E-state index is 12.1. The Morgan fingerprint density at radius 3 is 2.33 bits per heavy atom. The van der Waals surface area contributed by atoms with Crippen LogP contribution in [0.4, 0.5) is 0 Å². The molecule has 0 saturated heterocycles. The fourth-order valence-electron chi connectivity index (χ4n) is 1.92. The molecule has 1 aromatic heterocycles. The van der Waals surface area contributed by atoms with Crippen LogP contribution < -0.4 is 5.32 Å². The van der Waals surface area contributed by atoms with E-state index >= 15 is 0 Å². The molecule has 1 heterocycles. The van der Waals surface area contributed by atoms with Gasteiger partial charge < -0.3 is 10.1 Å². The summed E-state index contributed by atoms with van der Waals surface area (Å²) in [6, 6.07) is -0.720. The van der Waals surface area contributed by atoms with Crippen molar-refractivity contribution in [2.24, 2.45) is 5.41 Å². The Hall–Kier alpha value is -1.56. The molecule has 0 aliphatic carbocycles. The van der Waals surface area contributed by atoms with Crippen molar-refractivity contribution < 1.29 is 14.3 Å². The molecule has 1 aromatic rings. The van der Waals surface area contributed by atoms with E-state index in [1.54, 1.807) is 13.8 Å². The lowest BCUT2D eigenvalue weighted by Crippen LogP contribution is -2.50. The van der Waals surface area contributed by atoms with Crippen LogP contribution in [-0.2, 0) is 20.9 Å². The van der Waals surface area contributed by atoms with E-state index in [2.05, 4.69) is 10.4 Å². The molecule has 0 aromatic carbocycles. The highest BCUT2D eigenvalue weighted by atomic mass is 35.5. The average Bonchev–Trinajstić information content (AvgIpc) is 2.61. The van der Waals surface area contributed by atoms with Gasteiger partial charge in [0.05, 0.1) is 23.5 Å². The minimum atomic E-state index is -0.720. The van der Waals surface area contributed by atoms with Gasteiger partial charge in [-0.05, 0) is 19.3 Å². The van der Waals surface area contributed by atoms with Crippen molar-refractivity contribution in [3.05, 3.63) is 16.4 Å². The number of nitrogens with one attached hydrogen (secondary N) is 1. The van der Waals surface area contributed by atoms with E-state index in [1.807, 2.05) is 20.8 Å². The minimum Gasteiger partial charge on any atom is -0.467 e. The van der Waals surface area contributed by atoms with E-state index in [-0.39, 0.29) is 12.5 Å². The first-order valence-electron chi connectivity index (χ1n) is 6.64. The van der Waals surface area contributed by atoms with Crippen LogP contribution >= 0.6 is 11.6 Å². The van der Waals surface area contributed by atoms with E-state index in [0.717, 1.165) is 5.69 Å². The Kier molecular flexibility index (Phi) is 5.39. The smallest absolute Gasteiger partial charge is 0.328 e. The number of hydrogen-bond acceptors (Lipinski definition) is 4. The van der Waals surface area contributed by atoms with Gasteiger partial charge in [0, 0.05) is 0 Å². The third-order valence-corrected chi connectivity index (χ3v) is 3.74. The second-order valence-electron chi connectivity index (χ2n) is 6.03. The van der Waals surface area contributed by atoms with Crippen molar-refractivity contribution in [3.8, 4) is 0 Å². The second-order valence-corrected chi connectivity index (χ2v) is 6.41. The highest BCUT2D eigenvalue weighted by Crippen LogP contribution is 2.21. The molecule has 6 nitrogen and oxygen atoms in total. The van der Waals surface area contributed by atoms with E-state index in [9.17, 15) is 9.59 Å². The van der Waals surface area contributed by atoms with Crippen molar-refractivity contribution >= 4 is 23.5 Å². The van der Waals surface area contributed by atoms with Gasteiger partial charge in [0.2, 0.25) is 5.91 Å². The molecule has 118 valence electrons. The van der Waals surface area contributed by atoms with Crippen LogP contribution in [-0.4, -0.2) is 34.8 Å². The van der Waals surface area contributed by atoms with Crippen LogP contribution in [0.3, 0.4) is 0 Å². The van der Waals surface area contributed by atoms with Crippen molar-refractivity contribution in [1.29, 1.82) is 0 Å². The maximum Gasteiger partial charge on any atom is 0.328 e. The number of halogens is 1. The zero-order valence-electron chi connectivity index (χ0n) is 13.3. The number of esters is 1. The summed E-state index contributed by atoms with van der Waals surface area (Å²) >= 11 is 6.04. The van der Waals surface area contributed by atoms with Gasteiger partial charge in [-0.15, -0.1) is 0 Å². The van der Waals surface area contributed by atoms with Gasteiger partial charge in [-0.2, -0.15) is 5.10 Å². The predicted octanol–water partition coefficient (Wildman–Crippen LogP) is 1.86. The third-order valence-electron chi connectivity index (χ3n) is 3.19. The second kappa shape index (κ2) is 6.47. The normalized spacial score (nSPS) is 12.9. The van der Waals surface area contributed by atoms with Crippen molar-refractivity contribution in [1.82, 2.24) is 15.1 Å². The van der Waals surface area contributed by atoms with Crippen LogP contribution in [0.1, 0.15) is 32.2 Å². The number of rotatable bonds is 4. The number of aromatic nitrogens is 2. The van der Waals surface area contributed by atoms with Crippen molar-refractivity contribution in [2.45, 2.75) is 47.2 Å². The Labute approximate surface area is 129 Å². The Bertz CT molecular complexity index is 546. The quantitative estimate of drug-likeness (QED) is 0.861. The number of ether oxygens (including phenoxy) is 1. The summed E-state index contributed by atoms with van der Waals surface area (Å²) in [5, 5.41) is 7.43. The summed E-state index contributed by atoms with van der Waals surface area (Å²) in [4.78, 5) is 23.9. The molecule has 0 aliphatic heterocycles. The Morgan fingerprint density at radius 1 is 1.38 bits per heavy atom. The standard InChI is InChI=1S/C14H22ClN3O3/c1-8-11(15)9(2)18(17-8)7-10(19)16-12(13(20)21-6)14(3,4)5/h12H,7H2,1-6H3,(H,16,19)/t12-/m1/s1. The van der Waals surface area contributed by atoms with E-state index in [4.69, 9.17) is 16.3 Å². The lowest BCUT2D eigenvalue weighted by Gasteiger charge is -2.29. The van der Waals surface area contributed by atoms with Crippen LogP contribution in [0.25, 0.3) is 0 Å². The highest BCUT2D eigenvalue weighted by molar-refractivity contribution is 6.31. The maximum absolute atomic E-state index is 12.1. The van der Waals surface area contributed by atoms with Gasteiger partial charge in [0.25, 0.3) is 0 Å². The number of carbonyl (C=O) groups excluding carboxylic acids is 2. The topological polar surface area (TPSA) is 73.2 Å². The van der Waals surface area contributed by atoms with Gasteiger partial charge in [-0.1, -0.05) is 32.4 Å². The van der Waals surface area contributed by atoms with E-state index in [1.165, 1.54) is 11.8 Å². The minimum absolute atomic E-state index is 0.00294. The molecule has 21 heavy (non-hydrogen) atoms. The largest absolute Gasteiger partial charge is 0.467 e. The summed E-state index contributed by atoms with van der Waals surface area (Å²) in [6.45, 7) is 9.13. The number of nitrogens with zero attached hydrogens (tertiary/aromatic N) is 2. The number of carbonyl (C=O) groups is 2. The summed E-state index contributed by atoms with van der Waals surface area (Å²) < 4.78 is 6.26. The molecular formula is C14H22ClN3O3. The molecule has 0 saturated carbocycles. The van der Waals surface area contributed by atoms with Gasteiger partial charge >= 0.3 is 5.97 Å². The first-order chi connectivity index (χ1) is 9.57. The summed E-state index contributed by atoms with van der Waals surface area (Å²) in [7, 11) is 1.30. The van der Waals surface area contributed by atoms with Crippen LogP contribution in [0.2, 0.25) is 5.02 Å². The first kappa shape index (κ1) is 17.5. The summed E-state index contributed by atoms with van der Waals surface area (Å²) in [5.41, 5.74) is 0.937. The monoisotopic (exact) mass is 315 g/mol. The molecule has 0 bridgehead atoms. The molecule has 1 amide bonds. The predicted molar refractivity (Wildman–Crippen MR) is 80.1 cm³/mol. The SMILES string of the molecule is COC(=O)[C@@H](NC(=O)Cn1nc(C)c(Cl)c1C)C(C)(C)C. The molecule has 7 heteroatoms. The third kappa shape index (κ3) is 4.20. The van der Waals surface area contributed by atoms with Crippen LogP contribution in [0, 0.1) is 19.3 Å². The molecule has 0 fully saturated rings. The fourth-order valence-corrected chi connectivity index (χ4v) is 2.05. The molecule has 1 rings (SSSR count). The number of methoxy groups -OCH3 is 1. The zero-order valence-corrected chi connectivity index (χ0v) is 14.0. The molecule has 0 spiro atoms. The van der Waals surface area contributed by atoms with Crippen LogP contribution in [0.15, 0.2) is 0 Å². The Balaban J connectivity index is 2.84. The van der Waals surface area contributed by atoms with Gasteiger partial charge in [-0.3, -0.25) is 9.48 Å². The van der Waals surface area contributed by atoms with Gasteiger partial charge in [0.1, 0.15) is 12.6 Å². The van der Waals surface area contributed by atoms with Gasteiger partial charge in [-0.25, -0.2) is 4.79 Å². The molecule has 0 unspecified atom stereocenters. The summed E-state index contributed by atoms with van der Waals surface area (Å²) in [6.07, 6.45) is 0. The number of hydrogen-bond donors (Lipinski definition) is 1. The van der Waals surface area contributed by atoms with Crippen molar-refractivity contribution in [2.75, 3.05) is 7.11 Å². The first-order valence-corrected chi connectivity index (χ1v) is 7.02. The van der Waals surface area contributed by atoms with E-state index in [0.29, 0.717) is 10.7 Å². The number of amides is 1. The van der Waals surface area contributed by atoms with Crippen molar-refractivity contribution in [3.63, 3.8) is 0 Å². The summed E-state index contributed by atoms with van der Waals surface area (Å²) in [5.74, 6) is -0.787. The molecule has 1 atom stereocenters. The zero-order chi connectivity index (χ0) is 16.4. The number of aryl methyl sites for hydroxylation is 1. The fraction of sp³-hybridized carbons (Fsp3) is 0.643.